The van der Waals surface area contributed by atoms with Crippen LogP contribution in [0.3, 0.4) is 0 Å². The van der Waals surface area contributed by atoms with Gasteiger partial charge >= 0.3 is 0 Å². The van der Waals surface area contributed by atoms with Crippen molar-refractivity contribution in [1.82, 2.24) is 4.57 Å². The van der Waals surface area contributed by atoms with E-state index in [1.54, 1.807) is 0 Å². The zero-order chi connectivity index (χ0) is 26.3. The molecule has 6 aromatic rings. The summed E-state index contributed by atoms with van der Waals surface area (Å²) in [6, 6.07) is 34.8. The third kappa shape index (κ3) is 4.27. The van der Waals surface area contributed by atoms with Crippen molar-refractivity contribution in [2.75, 3.05) is 4.72 Å². The van der Waals surface area contributed by atoms with Crippen LogP contribution in [0, 0.1) is 13.8 Å². The molecule has 6 heteroatoms. The van der Waals surface area contributed by atoms with Crippen LogP contribution in [0.4, 0.5) is 5.69 Å². The predicted molar refractivity (Wildman–Crippen MR) is 154 cm³/mol. The lowest BCUT2D eigenvalue weighted by Gasteiger charge is -2.23. The Hall–Kier alpha value is -4.29. The number of aromatic nitrogens is 1. The summed E-state index contributed by atoms with van der Waals surface area (Å²) in [4.78, 5) is 0. The van der Waals surface area contributed by atoms with Gasteiger partial charge in [0.1, 0.15) is 17.3 Å². The number of hydrogen-bond acceptors (Lipinski definition) is 3. The highest BCUT2D eigenvalue weighted by molar-refractivity contribution is 7.91. The lowest BCUT2D eigenvalue weighted by molar-refractivity contribution is 0.492. The zero-order valence-corrected chi connectivity index (χ0v) is 22.1. The molecule has 6 rings (SSSR count). The van der Waals surface area contributed by atoms with Crippen LogP contribution in [0.5, 0.6) is 0 Å². The van der Waals surface area contributed by atoms with Crippen molar-refractivity contribution in [3.63, 3.8) is 0 Å². The largest absolute Gasteiger partial charge is 0.456 e. The maximum atomic E-state index is 13.5. The van der Waals surface area contributed by atoms with Gasteiger partial charge in [0.05, 0.1) is 5.75 Å². The highest BCUT2D eigenvalue weighted by Gasteiger charge is 2.30. The first kappa shape index (κ1) is 24.1. The zero-order valence-electron chi connectivity index (χ0n) is 21.3. The number of hydrogen-bond donors (Lipinski definition) is 1. The van der Waals surface area contributed by atoms with Crippen molar-refractivity contribution in [1.29, 1.82) is 0 Å². The highest BCUT2D eigenvalue weighted by Crippen LogP contribution is 2.43. The van der Waals surface area contributed by atoms with Crippen LogP contribution in [0.1, 0.15) is 34.2 Å². The Bertz CT molecular complexity index is 1850. The fraction of sp³-hybridized carbons (Fsp3) is 0.125. The molecule has 0 aliphatic rings. The topological polar surface area (TPSA) is 64.2 Å². The average molecular weight is 521 g/mol. The van der Waals surface area contributed by atoms with E-state index in [1.165, 1.54) is 5.56 Å². The summed E-state index contributed by atoms with van der Waals surface area (Å²) < 4.78 is 38.7. The van der Waals surface area contributed by atoms with Gasteiger partial charge in [-0.3, -0.25) is 4.72 Å². The normalized spacial score (nSPS) is 12.7. The number of benzene rings is 4. The fourth-order valence-electron chi connectivity index (χ4n) is 5.29. The molecule has 2 aromatic heterocycles. The molecule has 0 amide bonds. The number of nitrogens with zero attached hydrogens (tertiary/aromatic N) is 1. The second-order valence-electron chi connectivity index (χ2n) is 9.59. The van der Waals surface area contributed by atoms with E-state index in [-0.39, 0.29) is 5.75 Å². The van der Waals surface area contributed by atoms with Crippen LogP contribution < -0.4 is 4.72 Å². The number of nitrogens with one attached hydrogen (secondary N) is 1. The van der Waals surface area contributed by atoms with Crippen LogP contribution in [-0.2, 0) is 15.8 Å². The number of furan rings is 1. The summed E-state index contributed by atoms with van der Waals surface area (Å²) in [5.41, 5.74) is 6.17. The molecule has 0 aliphatic heterocycles. The number of sulfonamides is 1. The van der Waals surface area contributed by atoms with Gasteiger partial charge in [0.2, 0.25) is 10.0 Å². The third-order valence-corrected chi connectivity index (χ3v) is 8.40. The average Bonchev–Trinajstić information content (AvgIpc) is 3.40. The van der Waals surface area contributed by atoms with Crippen LogP contribution in [-0.4, -0.2) is 13.0 Å². The molecule has 0 saturated heterocycles. The lowest BCUT2D eigenvalue weighted by Crippen LogP contribution is -2.19. The van der Waals surface area contributed by atoms with E-state index in [4.69, 9.17) is 4.42 Å². The maximum absolute atomic E-state index is 13.5. The monoisotopic (exact) mass is 520 g/mol. The van der Waals surface area contributed by atoms with Gasteiger partial charge in [-0.25, -0.2) is 8.42 Å². The lowest BCUT2D eigenvalue weighted by atomic mass is 10.0. The molecule has 38 heavy (non-hydrogen) atoms. The number of rotatable bonds is 7. The number of fused-ring (bicyclic) bond motifs is 2. The molecular weight excluding hydrogens is 492 g/mol. The number of anilines is 1. The van der Waals surface area contributed by atoms with Gasteiger partial charge in [0.25, 0.3) is 0 Å². The summed E-state index contributed by atoms with van der Waals surface area (Å²) in [6.45, 7) is 4.23. The molecule has 4 aromatic carbocycles. The smallest absolute Gasteiger partial charge is 0.237 e. The summed E-state index contributed by atoms with van der Waals surface area (Å²) >= 11 is 0. The third-order valence-electron chi connectivity index (χ3n) is 7.17. The van der Waals surface area contributed by atoms with Crippen molar-refractivity contribution < 1.29 is 12.8 Å². The molecule has 5 nitrogen and oxygen atoms in total. The van der Waals surface area contributed by atoms with E-state index in [0.29, 0.717) is 17.0 Å². The van der Waals surface area contributed by atoms with Gasteiger partial charge in [-0.2, -0.15) is 0 Å². The molecule has 0 spiro atoms. The minimum absolute atomic E-state index is 0.132. The Labute approximate surface area is 222 Å². The minimum Gasteiger partial charge on any atom is -0.456 e. The highest BCUT2D eigenvalue weighted by atomic mass is 32.2. The summed E-state index contributed by atoms with van der Waals surface area (Å²) in [6.07, 6.45) is 0. The van der Waals surface area contributed by atoms with Crippen molar-refractivity contribution >= 4 is 37.6 Å². The minimum atomic E-state index is -3.74. The standard InChI is InChI=1S/C32H28N2O3S/c1-22-23(2)34(28-19-11-9-17-26(22)28)31(25-15-7-4-8-16-25)32-30(27-18-10-12-20-29(27)37-32)33-38(35,36)21-24-13-5-3-6-14-24/h3-20,31,33H,21H2,1-2H3. The van der Waals surface area contributed by atoms with Gasteiger partial charge in [0, 0.05) is 22.0 Å². The quantitative estimate of drug-likeness (QED) is 0.236. The summed E-state index contributed by atoms with van der Waals surface area (Å²) in [5, 5.41) is 1.89. The molecule has 0 radical (unpaired) electrons. The number of para-hydroxylation sites is 2. The Morgan fingerprint density at radius 1 is 0.763 bits per heavy atom. The molecular formula is C32H28N2O3S. The maximum Gasteiger partial charge on any atom is 0.237 e. The van der Waals surface area contributed by atoms with E-state index in [2.05, 4.69) is 47.4 Å². The fourth-order valence-corrected chi connectivity index (χ4v) is 6.52. The first-order valence-corrected chi connectivity index (χ1v) is 14.2. The Morgan fingerprint density at radius 2 is 1.37 bits per heavy atom. The van der Waals surface area contributed by atoms with E-state index in [0.717, 1.165) is 33.1 Å². The molecule has 0 fully saturated rings. The second-order valence-corrected chi connectivity index (χ2v) is 11.3. The number of aryl methyl sites for hydroxylation is 1. The summed E-state index contributed by atoms with van der Waals surface area (Å²) in [7, 11) is -3.74. The molecule has 1 N–H and O–H groups in total. The van der Waals surface area contributed by atoms with Crippen molar-refractivity contribution in [3.05, 3.63) is 137 Å². The molecule has 0 aliphatic carbocycles. The molecule has 0 bridgehead atoms. The predicted octanol–water partition coefficient (Wildman–Crippen LogP) is 7.58. The molecule has 1 atom stereocenters. The molecule has 190 valence electrons. The van der Waals surface area contributed by atoms with Crippen molar-refractivity contribution in [2.24, 2.45) is 0 Å². The molecule has 2 heterocycles. The Morgan fingerprint density at radius 3 is 2.11 bits per heavy atom. The Kier molecular flexibility index (Phi) is 6.04. The van der Waals surface area contributed by atoms with E-state index < -0.39 is 16.1 Å². The van der Waals surface area contributed by atoms with E-state index in [9.17, 15) is 8.42 Å². The van der Waals surface area contributed by atoms with Crippen molar-refractivity contribution in [3.8, 4) is 0 Å². The first-order chi connectivity index (χ1) is 18.4. The van der Waals surface area contributed by atoms with Crippen LogP contribution >= 0.6 is 0 Å². The van der Waals surface area contributed by atoms with E-state index in [1.807, 2.05) is 84.9 Å². The second kappa shape index (κ2) is 9.54. The van der Waals surface area contributed by atoms with Gasteiger partial charge in [-0.05, 0) is 48.7 Å². The Balaban J connectivity index is 1.59. The van der Waals surface area contributed by atoms with Gasteiger partial charge in [-0.1, -0.05) is 91.0 Å². The van der Waals surface area contributed by atoms with Crippen LogP contribution in [0.15, 0.2) is 114 Å². The van der Waals surface area contributed by atoms with Crippen LogP contribution in [0.25, 0.3) is 21.9 Å². The first-order valence-electron chi connectivity index (χ1n) is 12.6. The van der Waals surface area contributed by atoms with Crippen molar-refractivity contribution in [2.45, 2.75) is 25.6 Å². The van der Waals surface area contributed by atoms with Gasteiger partial charge in [-0.15, -0.1) is 0 Å². The molecule has 1 unspecified atom stereocenters. The SMILES string of the molecule is Cc1c(C)n(C(c2ccccc2)c2oc3ccccc3c2NS(=O)(=O)Cc2ccccc2)c2ccccc12. The van der Waals surface area contributed by atoms with Gasteiger partial charge in [0.15, 0.2) is 5.76 Å². The molecule has 0 saturated carbocycles. The van der Waals surface area contributed by atoms with Gasteiger partial charge < -0.3 is 8.98 Å². The van der Waals surface area contributed by atoms with E-state index >= 15 is 0 Å². The van der Waals surface area contributed by atoms with Crippen LogP contribution in [0.2, 0.25) is 0 Å². The summed E-state index contributed by atoms with van der Waals surface area (Å²) in [5.74, 6) is 0.422.